The molecule has 3 atom stereocenters. The van der Waals surface area contributed by atoms with Crippen molar-refractivity contribution in [2.24, 2.45) is 0 Å². The van der Waals surface area contributed by atoms with Crippen LogP contribution in [-0.4, -0.2) is 60.1 Å². The summed E-state index contributed by atoms with van der Waals surface area (Å²) in [7, 11) is -1.87. The second-order valence-corrected chi connectivity index (χ2v) is 10.5. The van der Waals surface area contributed by atoms with Gasteiger partial charge < -0.3 is 27.8 Å². The van der Waals surface area contributed by atoms with E-state index >= 15 is 0 Å². The van der Waals surface area contributed by atoms with Gasteiger partial charge in [0.2, 0.25) is 0 Å². The molecule has 198 valence electrons. The number of ether oxygens (including phenoxy) is 3. The van der Waals surface area contributed by atoms with Gasteiger partial charge in [0.25, 0.3) is 0 Å². The van der Waals surface area contributed by atoms with Crippen LogP contribution in [-0.2, 0) is 23.1 Å². The summed E-state index contributed by atoms with van der Waals surface area (Å²) in [5.74, 6) is 0.982. The number of halogens is 3. The van der Waals surface area contributed by atoms with Crippen LogP contribution in [0.3, 0.4) is 0 Å². The minimum atomic E-state index is -1.87. The second-order valence-electron chi connectivity index (χ2n) is 7.50. The lowest BCUT2D eigenvalue weighted by Crippen LogP contribution is -2.29. The second kappa shape index (κ2) is 18.3. The molecular formula is C25H30Br3O7P. The predicted molar refractivity (Wildman–Crippen MR) is 153 cm³/mol. The molecule has 2 rings (SSSR count). The van der Waals surface area contributed by atoms with Crippen molar-refractivity contribution in [1.29, 1.82) is 0 Å². The number of para-hydroxylation sites is 2. The Morgan fingerprint density at radius 3 is 1.50 bits per heavy atom. The third-order valence-electron chi connectivity index (χ3n) is 4.33. The summed E-state index contributed by atoms with van der Waals surface area (Å²) in [5, 5.41) is 1.39. The molecule has 0 aliphatic carbocycles. The van der Waals surface area contributed by atoms with Crippen LogP contribution in [0, 0.1) is 0 Å². The highest BCUT2D eigenvalue weighted by molar-refractivity contribution is 9.09. The van der Waals surface area contributed by atoms with Crippen molar-refractivity contribution in [3.05, 3.63) is 72.8 Å². The summed E-state index contributed by atoms with van der Waals surface area (Å²) in [6, 6.07) is 18.9. The monoisotopic (exact) mass is 710 g/mol. The highest BCUT2D eigenvalue weighted by atomic mass is 79.9. The molecule has 36 heavy (non-hydrogen) atoms. The largest absolute Gasteiger partial charge is 0.491 e. The van der Waals surface area contributed by atoms with Gasteiger partial charge in [-0.2, -0.15) is 0 Å². The Hall–Kier alpha value is -1.00. The SMILES string of the molecule is C=C(C)C(=O)OCC(CBr)OP(OC(CBr)COc1ccccc1)OC(CBr)COc1ccccc1. The summed E-state index contributed by atoms with van der Waals surface area (Å²) in [5.41, 5.74) is 0.313. The molecule has 0 saturated heterocycles. The van der Waals surface area contributed by atoms with E-state index in [2.05, 4.69) is 54.4 Å². The van der Waals surface area contributed by atoms with E-state index in [1.165, 1.54) is 0 Å². The number of alkyl halides is 3. The molecule has 0 radical (unpaired) electrons. The summed E-state index contributed by atoms with van der Waals surface area (Å²) in [4.78, 5) is 11.8. The van der Waals surface area contributed by atoms with Crippen molar-refractivity contribution in [3.63, 3.8) is 0 Å². The molecule has 0 amide bonds. The lowest BCUT2D eigenvalue weighted by molar-refractivity contribution is -0.141. The van der Waals surface area contributed by atoms with E-state index < -0.39 is 20.7 Å². The Morgan fingerprint density at radius 1 is 0.750 bits per heavy atom. The minimum Gasteiger partial charge on any atom is -0.491 e. The van der Waals surface area contributed by atoms with Crippen LogP contribution in [0.25, 0.3) is 0 Å². The van der Waals surface area contributed by atoms with Crippen molar-refractivity contribution in [2.75, 3.05) is 35.8 Å². The molecular weight excluding hydrogens is 683 g/mol. The Bertz CT molecular complexity index is 838. The standard InChI is InChI=1S/C25H30Br3O7P/c1-19(2)25(29)32-18-24(15-28)35-36(33-22(13-26)16-30-20-9-5-3-6-10-20)34-23(14-27)17-31-21-11-7-4-8-12-21/h3-12,22-24H,1,13-18H2,2H3. The molecule has 0 aliphatic heterocycles. The molecule has 0 saturated carbocycles. The van der Waals surface area contributed by atoms with Crippen molar-refractivity contribution in [3.8, 4) is 11.5 Å². The van der Waals surface area contributed by atoms with Crippen molar-refractivity contribution >= 4 is 62.4 Å². The van der Waals surface area contributed by atoms with E-state index in [1.807, 2.05) is 60.7 Å². The molecule has 0 aromatic heterocycles. The highest BCUT2D eigenvalue weighted by Crippen LogP contribution is 2.44. The normalized spacial score (nSPS) is 14.3. The van der Waals surface area contributed by atoms with Crippen LogP contribution in [0.15, 0.2) is 72.8 Å². The summed E-state index contributed by atoms with van der Waals surface area (Å²) in [6.45, 7) is 5.77. The van der Waals surface area contributed by atoms with Crippen molar-refractivity contribution in [1.82, 2.24) is 0 Å². The zero-order valence-corrected chi connectivity index (χ0v) is 25.5. The Balaban J connectivity index is 2.04. The number of carbonyl (C=O) groups is 1. The van der Waals surface area contributed by atoms with Gasteiger partial charge in [0.15, 0.2) is 0 Å². The van der Waals surface area contributed by atoms with Gasteiger partial charge in [-0.15, -0.1) is 0 Å². The molecule has 7 nitrogen and oxygen atoms in total. The topological polar surface area (TPSA) is 72.5 Å². The lowest BCUT2D eigenvalue weighted by atomic mass is 10.3. The van der Waals surface area contributed by atoms with Gasteiger partial charge in [-0.3, -0.25) is 0 Å². The van der Waals surface area contributed by atoms with Crippen LogP contribution in [0.1, 0.15) is 6.92 Å². The Kier molecular flexibility index (Phi) is 15.9. The molecule has 2 aromatic rings. The van der Waals surface area contributed by atoms with Gasteiger partial charge in [-0.25, -0.2) is 4.79 Å². The average Bonchev–Trinajstić information content (AvgIpc) is 2.91. The summed E-state index contributed by atoms with van der Waals surface area (Å²) in [6.07, 6.45) is -1.23. The molecule has 0 spiro atoms. The van der Waals surface area contributed by atoms with Gasteiger partial charge in [0, 0.05) is 21.6 Å². The number of hydrogen-bond donors (Lipinski definition) is 0. The van der Waals surface area contributed by atoms with Crippen LogP contribution in [0.2, 0.25) is 0 Å². The molecule has 0 aliphatic rings. The van der Waals surface area contributed by atoms with E-state index in [1.54, 1.807) is 6.92 Å². The molecule has 0 bridgehead atoms. The maximum absolute atomic E-state index is 11.8. The average molecular weight is 713 g/mol. The molecule has 0 N–H and O–H groups in total. The Morgan fingerprint density at radius 2 is 1.14 bits per heavy atom. The quantitative estimate of drug-likeness (QED) is 0.0727. The van der Waals surface area contributed by atoms with E-state index in [0.717, 1.165) is 11.5 Å². The van der Waals surface area contributed by atoms with Crippen molar-refractivity contribution < 1.29 is 32.6 Å². The predicted octanol–water partition coefficient (Wildman–Crippen LogP) is 6.83. The fraction of sp³-hybridized carbons (Fsp3) is 0.400. The van der Waals surface area contributed by atoms with Crippen LogP contribution >= 0.6 is 56.4 Å². The number of rotatable bonds is 18. The van der Waals surface area contributed by atoms with Gasteiger partial charge in [-0.05, 0) is 31.2 Å². The molecule has 3 unspecified atom stereocenters. The summed E-state index contributed by atoms with van der Waals surface area (Å²) >= 11 is 10.4. The van der Waals surface area contributed by atoms with Crippen LogP contribution in [0.4, 0.5) is 0 Å². The highest BCUT2D eigenvalue weighted by Gasteiger charge is 2.28. The first-order chi connectivity index (χ1) is 17.4. The molecule has 2 aromatic carbocycles. The number of hydrogen-bond acceptors (Lipinski definition) is 7. The molecule has 11 heteroatoms. The van der Waals surface area contributed by atoms with E-state index in [-0.39, 0.29) is 32.0 Å². The first-order valence-corrected chi connectivity index (χ1v) is 15.6. The van der Waals surface area contributed by atoms with Gasteiger partial charge in [0.1, 0.15) is 49.6 Å². The maximum atomic E-state index is 11.8. The third kappa shape index (κ3) is 12.5. The number of carbonyl (C=O) groups excluding carboxylic acids is 1. The zero-order chi connectivity index (χ0) is 26.2. The van der Waals surface area contributed by atoms with Crippen LogP contribution < -0.4 is 9.47 Å². The van der Waals surface area contributed by atoms with E-state index in [4.69, 9.17) is 27.8 Å². The first kappa shape index (κ1) is 31.2. The number of benzene rings is 2. The maximum Gasteiger partial charge on any atom is 0.333 e. The van der Waals surface area contributed by atoms with Crippen molar-refractivity contribution in [2.45, 2.75) is 25.2 Å². The summed E-state index contributed by atoms with van der Waals surface area (Å²) < 4.78 is 35.5. The smallest absolute Gasteiger partial charge is 0.333 e. The fourth-order valence-electron chi connectivity index (χ4n) is 2.45. The third-order valence-corrected chi connectivity index (χ3v) is 7.91. The number of esters is 1. The lowest BCUT2D eigenvalue weighted by Gasteiger charge is -2.28. The van der Waals surface area contributed by atoms with E-state index in [0.29, 0.717) is 21.6 Å². The zero-order valence-electron chi connectivity index (χ0n) is 19.9. The molecule has 0 fully saturated rings. The van der Waals surface area contributed by atoms with E-state index in [9.17, 15) is 4.79 Å². The first-order valence-electron chi connectivity index (χ1n) is 11.1. The van der Waals surface area contributed by atoms with Crippen LogP contribution in [0.5, 0.6) is 11.5 Å². The van der Waals surface area contributed by atoms with Gasteiger partial charge in [0.05, 0.1) is 0 Å². The molecule has 0 heterocycles. The minimum absolute atomic E-state index is 0.0154. The van der Waals surface area contributed by atoms with Gasteiger partial charge in [-0.1, -0.05) is 90.8 Å². The fourth-order valence-corrected chi connectivity index (χ4v) is 5.31. The van der Waals surface area contributed by atoms with Gasteiger partial charge >= 0.3 is 14.6 Å². The Labute approximate surface area is 239 Å².